The van der Waals surface area contributed by atoms with Gasteiger partial charge < -0.3 is 10.6 Å². The van der Waals surface area contributed by atoms with Crippen LogP contribution in [0.15, 0.2) is 17.5 Å². The van der Waals surface area contributed by atoms with E-state index in [1.807, 2.05) is 23.3 Å². The number of rotatable bonds is 2. The maximum Gasteiger partial charge on any atom is 0.230 e. The lowest BCUT2D eigenvalue weighted by atomic mass is 9.98. The van der Waals surface area contributed by atoms with Gasteiger partial charge in [0.2, 0.25) is 5.91 Å². The normalized spacial score (nSPS) is 30.8. The Kier molecular flexibility index (Phi) is 4.54. The predicted molar refractivity (Wildman–Crippen MR) is 80.8 cm³/mol. The van der Waals surface area contributed by atoms with Gasteiger partial charge in [-0.1, -0.05) is 6.07 Å². The van der Waals surface area contributed by atoms with Crippen LogP contribution in [-0.4, -0.2) is 29.9 Å². The van der Waals surface area contributed by atoms with E-state index in [1.54, 1.807) is 11.3 Å². The first-order chi connectivity index (χ1) is 8.66. The molecule has 0 spiro atoms. The minimum Gasteiger partial charge on any atom is -0.342 e. The van der Waals surface area contributed by atoms with E-state index in [4.69, 9.17) is 5.73 Å². The van der Waals surface area contributed by atoms with Gasteiger partial charge in [-0.2, -0.15) is 0 Å². The molecule has 1 saturated heterocycles. The molecule has 5 heteroatoms. The quantitative estimate of drug-likeness (QED) is 0.912. The topological polar surface area (TPSA) is 46.3 Å². The number of carbonyl (C=O) groups excluding carboxylic acids is 1. The van der Waals surface area contributed by atoms with Crippen LogP contribution in [0.4, 0.5) is 0 Å². The van der Waals surface area contributed by atoms with Gasteiger partial charge in [0.1, 0.15) is 0 Å². The van der Waals surface area contributed by atoms with Gasteiger partial charge in [0.25, 0.3) is 0 Å². The molecular weight excluding hydrogens is 280 g/mol. The maximum absolute atomic E-state index is 12.5. The molecule has 2 aliphatic rings. The minimum atomic E-state index is 0. The molecule has 1 aliphatic heterocycles. The fourth-order valence-corrected chi connectivity index (χ4v) is 4.20. The first-order valence-corrected chi connectivity index (χ1v) is 7.62. The Balaban J connectivity index is 0.00000133. The summed E-state index contributed by atoms with van der Waals surface area (Å²) in [6.45, 7) is 3.81. The van der Waals surface area contributed by atoms with Crippen molar-refractivity contribution in [2.75, 3.05) is 13.1 Å². The fourth-order valence-electron chi connectivity index (χ4n) is 3.42. The number of halogens is 1. The summed E-state index contributed by atoms with van der Waals surface area (Å²) >= 11 is 1.67. The van der Waals surface area contributed by atoms with Crippen molar-refractivity contribution in [3.63, 3.8) is 0 Å². The minimum absolute atomic E-state index is 0. The largest absolute Gasteiger partial charge is 0.342 e. The van der Waals surface area contributed by atoms with Crippen molar-refractivity contribution in [1.29, 1.82) is 0 Å². The molecule has 19 heavy (non-hydrogen) atoms. The summed E-state index contributed by atoms with van der Waals surface area (Å²) < 4.78 is 0. The van der Waals surface area contributed by atoms with E-state index in [1.165, 1.54) is 11.3 Å². The highest BCUT2D eigenvalue weighted by atomic mass is 35.5. The molecule has 1 amide bonds. The van der Waals surface area contributed by atoms with Crippen molar-refractivity contribution in [2.24, 2.45) is 17.6 Å². The van der Waals surface area contributed by atoms with Crippen LogP contribution in [0.1, 0.15) is 30.6 Å². The van der Waals surface area contributed by atoms with E-state index in [0.29, 0.717) is 17.9 Å². The number of hydrogen-bond acceptors (Lipinski definition) is 3. The molecule has 106 valence electrons. The van der Waals surface area contributed by atoms with Gasteiger partial charge in [0.15, 0.2) is 0 Å². The Bertz CT molecular complexity index is 437. The maximum atomic E-state index is 12.5. The van der Waals surface area contributed by atoms with Crippen molar-refractivity contribution in [1.82, 2.24) is 4.90 Å². The molecule has 1 aromatic rings. The standard InChI is InChI=1S/C14H20N2OS.ClH/c1-9(13-3-2-6-18-13)14(17)16-7-10-4-5-12(15)11(10)8-16;/h2-3,6,9-12H,4-5,7-8,15H2,1H3;1H. The second-order valence-corrected chi connectivity index (χ2v) is 6.62. The van der Waals surface area contributed by atoms with Gasteiger partial charge >= 0.3 is 0 Å². The van der Waals surface area contributed by atoms with Gasteiger partial charge in [-0.25, -0.2) is 0 Å². The molecule has 0 bridgehead atoms. The Morgan fingerprint density at radius 2 is 2.26 bits per heavy atom. The van der Waals surface area contributed by atoms with Crippen molar-refractivity contribution in [3.05, 3.63) is 22.4 Å². The van der Waals surface area contributed by atoms with Crippen LogP contribution < -0.4 is 5.73 Å². The van der Waals surface area contributed by atoms with Crippen LogP contribution in [0, 0.1) is 11.8 Å². The number of fused-ring (bicyclic) bond motifs is 1. The van der Waals surface area contributed by atoms with Gasteiger partial charge in [-0.3, -0.25) is 4.79 Å². The Labute approximate surface area is 124 Å². The predicted octanol–water partition coefficient (Wildman–Crippen LogP) is 2.47. The van der Waals surface area contributed by atoms with Crippen molar-refractivity contribution >= 4 is 29.7 Å². The van der Waals surface area contributed by atoms with E-state index < -0.39 is 0 Å². The highest BCUT2D eigenvalue weighted by Crippen LogP contribution is 2.38. The third-order valence-corrected chi connectivity index (χ3v) is 5.62. The SMILES string of the molecule is CC(C(=O)N1CC2CCC(N)C2C1)c1cccs1.Cl. The summed E-state index contributed by atoms with van der Waals surface area (Å²) in [7, 11) is 0. The summed E-state index contributed by atoms with van der Waals surface area (Å²) in [5.41, 5.74) is 6.12. The molecule has 2 N–H and O–H groups in total. The number of hydrogen-bond donors (Lipinski definition) is 1. The molecule has 4 unspecified atom stereocenters. The first kappa shape index (κ1) is 14.8. The van der Waals surface area contributed by atoms with Crippen LogP contribution in [0.5, 0.6) is 0 Å². The molecule has 1 aliphatic carbocycles. The zero-order valence-electron chi connectivity index (χ0n) is 11.1. The number of amides is 1. The van der Waals surface area contributed by atoms with Crippen LogP contribution in [0.2, 0.25) is 0 Å². The summed E-state index contributed by atoms with van der Waals surface area (Å²) in [6.07, 6.45) is 2.33. The third-order valence-electron chi connectivity index (χ3n) is 4.56. The molecular formula is C14H21ClN2OS. The van der Waals surface area contributed by atoms with Crippen molar-refractivity contribution in [3.8, 4) is 0 Å². The molecule has 2 fully saturated rings. The molecule has 0 radical (unpaired) electrons. The van der Waals surface area contributed by atoms with Crippen LogP contribution >= 0.6 is 23.7 Å². The second-order valence-electron chi connectivity index (χ2n) is 5.65. The van der Waals surface area contributed by atoms with Crippen LogP contribution in [-0.2, 0) is 4.79 Å². The number of likely N-dealkylation sites (tertiary alicyclic amines) is 1. The number of nitrogens with zero attached hydrogens (tertiary/aromatic N) is 1. The second kappa shape index (κ2) is 5.81. The lowest BCUT2D eigenvalue weighted by Crippen LogP contribution is -2.35. The number of thiophene rings is 1. The monoisotopic (exact) mass is 300 g/mol. The van der Waals surface area contributed by atoms with Gasteiger partial charge in [-0.15, -0.1) is 23.7 Å². The lowest BCUT2D eigenvalue weighted by Gasteiger charge is -2.22. The Hall–Kier alpha value is -0.580. The summed E-state index contributed by atoms with van der Waals surface area (Å²) in [5, 5.41) is 2.04. The van der Waals surface area contributed by atoms with Gasteiger partial charge in [0.05, 0.1) is 5.92 Å². The molecule has 0 aromatic carbocycles. The average Bonchev–Trinajstić information content (AvgIpc) is 3.06. The zero-order chi connectivity index (χ0) is 12.7. The summed E-state index contributed by atoms with van der Waals surface area (Å²) in [4.78, 5) is 15.7. The molecule has 2 heterocycles. The van der Waals surface area contributed by atoms with E-state index in [2.05, 4.69) is 6.07 Å². The Morgan fingerprint density at radius 3 is 2.89 bits per heavy atom. The average molecular weight is 301 g/mol. The number of carbonyl (C=O) groups is 1. The molecule has 3 nitrogen and oxygen atoms in total. The summed E-state index contributed by atoms with van der Waals surface area (Å²) in [5.74, 6) is 1.48. The van der Waals surface area contributed by atoms with E-state index in [0.717, 1.165) is 19.5 Å². The molecule has 3 rings (SSSR count). The van der Waals surface area contributed by atoms with Crippen molar-refractivity contribution < 1.29 is 4.79 Å². The van der Waals surface area contributed by atoms with E-state index >= 15 is 0 Å². The summed E-state index contributed by atoms with van der Waals surface area (Å²) in [6, 6.07) is 4.37. The van der Waals surface area contributed by atoms with E-state index in [-0.39, 0.29) is 24.2 Å². The lowest BCUT2D eigenvalue weighted by molar-refractivity contribution is -0.131. The fraction of sp³-hybridized carbons (Fsp3) is 0.643. The zero-order valence-corrected chi connectivity index (χ0v) is 12.8. The molecule has 1 aromatic heterocycles. The Morgan fingerprint density at radius 1 is 1.47 bits per heavy atom. The smallest absolute Gasteiger partial charge is 0.230 e. The highest BCUT2D eigenvalue weighted by Gasteiger charge is 2.43. The molecule has 1 saturated carbocycles. The van der Waals surface area contributed by atoms with Gasteiger partial charge in [-0.05, 0) is 43.0 Å². The van der Waals surface area contributed by atoms with E-state index in [9.17, 15) is 4.79 Å². The van der Waals surface area contributed by atoms with Crippen LogP contribution in [0.3, 0.4) is 0 Å². The first-order valence-electron chi connectivity index (χ1n) is 6.74. The third kappa shape index (κ3) is 2.67. The number of nitrogens with two attached hydrogens (primary N) is 1. The van der Waals surface area contributed by atoms with Gasteiger partial charge in [0, 0.05) is 24.0 Å². The van der Waals surface area contributed by atoms with Crippen molar-refractivity contribution in [2.45, 2.75) is 31.7 Å². The highest BCUT2D eigenvalue weighted by molar-refractivity contribution is 7.10. The molecule has 4 atom stereocenters. The van der Waals surface area contributed by atoms with Crippen LogP contribution in [0.25, 0.3) is 0 Å².